The van der Waals surface area contributed by atoms with Gasteiger partial charge in [0.25, 0.3) is 5.89 Å². The molecule has 9 heteroatoms. The molecule has 0 radical (unpaired) electrons. The molecule has 2 heterocycles. The Bertz CT molecular complexity index is 1160. The van der Waals surface area contributed by atoms with Crippen LogP contribution in [0.4, 0.5) is 4.39 Å². The van der Waals surface area contributed by atoms with Crippen molar-refractivity contribution in [3.63, 3.8) is 0 Å². The van der Waals surface area contributed by atoms with Gasteiger partial charge in [0.05, 0.1) is 19.0 Å². The number of hydrogen-bond donors (Lipinski definition) is 0. The van der Waals surface area contributed by atoms with Crippen LogP contribution in [-0.2, 0) is 4.74 Å². The van der Waals surface area contributed by atoms with Crippen LogP contribution in [0, 0.1) is 5.82 Å². The van der Waals surface area contributed by atoms with E-state index in [0.29, 0.717) is 5.56 Å². The SMILES string of the molecule is COc1cn(-c2ccccc2)nc1C(=O)O[C@H](C)c1nnc(-c2ccc(F)cc2)o1. The van der Waals surface area contributed by atoms with Gasteiger partial charge in [-0.2, -0.15) is 5.10 Å². The molecule has 4 aromatic rings. The predicted octanol–water partition coefficient (Wildman–Crippen LogP) is 3.99. The highest BCUT2D eigenvalue weighted by Gasteiger charge is 2.25. The second kappa shape index (κ2) is 8.16. The van der Waals surface area contributed by atoms with Gasteiger partial charge in [-0.05, 0) is 43.3 Å². The Morgan fingerprint density at radius 2 is 1.83 bits per heavy atom. The maximum absolute atomic E-state index is 13.1. The Morgan fingerprint density at radius 3 is 2.53 bits per heavy atom. The molecular formula is C21H17FN4O4. The third-order valence-corrected chi connectivity index (χ3v) is 4.28. The summed E-state index contributed by atoms with van der Waals surface area (Å²) in [6, 6.07) is 14.9. The highest BCUT2D eigenvalue weighted by Crippen LogP contribution is 2.25. The van der Waals surface area contributed by atoms with E-state index in [1.807, 2.05) is 30.3 Å². The number of aromatic nitrogens is 4. The van der Waals surface area contributed by atoms with Crippen molar-refractivity contribution < 1.29 is 23.1 Å². The topological polar surface area (TPSA) is 92.3 Å². The lowest BCUT2D eigenvalue weighted by atomic mass is 10.2. The minimum absolute atomic E-state index is 0.0199. The monoisotopic (exact) mass is 408 g/mol. The van der Waals surface area contributed by atoms with Gasteiger partial charge in [0.1, 0.15) is 5.82 Å². The third kappa shape index (κ3) is 3.90. The van der Waals surface area contributed by atoms with E-state index in [9.17, 15) is 9.18 Å². The second-order valence-electron chi connectivity index (χ2n) is 6.33. The van der Waals surface area contributed by atoms with Crippen molar-refractivity contribution in [3.8, 4) is 22.9 Å². The van der Waals surface area contributed by atoms with E-state index >= 15 is 0 Å². The average molecular weight is 408 g/mol. The predicted molar refractivity (Wildman–Crippen MR) is 104 cm³/mol. The molecule has 0 bridgehead atoms. The Balaban J connectivity index is 1.51. The molecule has 0 N–H and O–H groups in total. The number of halogens is 1. The molecular weight excluding hydrogens is 391 g/mol. The highest BCUT2D eigenvalue weighted by molar-refractivity contribution is 5.90. The van der Waals surface area contributed by atoms with Crippen molar-refractivity contribution in [1.82, 2.24) is 20.0 Å². The van der Waals surface area contributed by atoms with Crippen molar-refractivity contribution in [1.29, 1.82) is 0 Å². The minimum Gasteiger partial charge on any atom is -0.493 e. The Kier molecular flexibility index (Phi) is 5.25. The number of methoxy groups -OCH3 is 1. The Labute approximate surface area is 170 Å². The van der Waals surface area contributed by atoms with E-state index in [1.54, 1.807) is 13.1 Å². The summed E-state index contributed by atoms with van der Waals surface area (Å²) in [5, 5.41) is 12.1. The molecule has 0 aliphatic carbocycles. The Hall–Kier alpha value is -4.01. The normalized spacial score (nSPS) is 11.8. The number of rotatable bonds is 6. The molecule has 0 aliphatic rings. The molecule has 152 valence electrons. The van der Waals surface area contributed by atoms with Gasteiger partial charge in [-0.3, -0.25) is 0 Å². The zero-order valence-corrected chi connectivity index (χ0v) is 16.2. The Morgan fingerprint density at radius 1 is 1.10 bits per heavy atom. The molecule has 2 aromatic heterocycles. The van der Waals surface area contributed by atoms with Gasteiger partial charge in [0.2, 0.25) is 11.6 Å². The van der Waals surface area contributed by atoms with Gasteiger partial charge in [0.15, 0.2) is 11.9 Å². The summed E-state index contributed by atoms with van der Waals surface area (Å²) in [6.45, 7) is 1.60. The molecule has 1 atom stereocenters. The van der Waals surface area contributed by atoms with E-state index in [2.05, 4.69) is 15.3 Å². The van der Waals surface area contributed by atoms with Crippen molar-refractivity contribution in [2.45, 2.75) is 13.0 Å². The largest absolute Gasteiger partial charge is 0.493 e. The van der Waals surface area contributed by atoms with Gasteiger partial charge in [-0.1, -0.05) is 18.2 Å². The molecule has 8 nitrogen and oxygen atoms in total. The van der Waals surface area contributed by atoms with Gasteiger partial charge in [0, 0.05) is 5.56 Å². The molecule has 30 heavy (non-hydrogen) atoms. The fourth-order valence-corrected chi connectivity index (χ4v) is 2.74. The van der Waals surface area contributed by atoms with Gasteiger partial charge in [-0.25, -0.2) is 13.9 Å². The zero-order valence-electron chi connectivity index (χ0n) is 16.2. The van der Waals surface area contributed by atoms with Crippen LogP contribution in [0.5, 0.6) is 5.75 Å². The minimum atomic E-state index is -0.828. The number of hydrogen-bond acceptors (Lipinski definition) is 7. The van der Waals surface area contributed by atoms with Crippen LogP contribution in [-0.4, -0.2) is 33.1 Å². The number of nitrogens with zero attached hydrogens (tertiary/aromatic N) is 4. The number of ether oxygens (including phenoxy) is 2. The van der Waals surface area contributed by atoms with Crippen LogP contribution in [0.3, 0.4) is 0 Å². The van der Waals surface area contributed by atoms with E-state index in [4.69, 9.17) is 13.9 Å². The maximum Gasteiger partial charge on any atom is 0.363 e. The highest BCUT2D eigenvalue weighted by atomic mass is 19.1. The number of benzene rings is 2. The zero-order chi connectivity index (χ0) is 21.1. The summed E-state index contributed by atoms with van der Waals surface area (Å²) in [5.74, 6) is -0.503. The summed E-state index contributed by atoms with van der Waals surface area (Å²) in [4.78, 5) is 12.7. The van der Waals surface area contributed by atoms with Gasteiger partial charge in [-0.15, -0.1) is 10.2 Å². The lowest BCUT2D eigenvalue weighted by Gasteiger charge is -2.08. The number of para-hydroxylation sites is 1. The second-order valence-corrected chi connectivity index (χ2v) is 6.33. The van der Waals surface area contributed by atoms with Crippen LogP contribution < -0.4 is 4.74 Å². The summed E-state index contributed by atoms with van der Waals surface area (Å²) < 4.78 is 30.9. The molecule has 2 aromatic carbocycles. The summed E-state index contributed by atoms with van der Waals surface area (Å²) in [5.41, 5.74) is 1.34. The molecule has 0 aliphatic heterocycles. The number of carbonyl (C=O) groups excluding carboxylic acids is 1. The summed E-state index contributed by atoms with van der Waals surface area (Å²) >= 11 is 0. The fourth-order valence-electron chi connectivity index (χ4n) is 2.74. The molecule has 0 unspecified atom stereocenters. The standard InChI is InChI=1S/C21H17FN4O4/c1-13(19-23-24-20(30-19)14-8-10-15(22)11-9-14)29-21(27)18-17(28-2)12-26(25-18)16-6-4-3-5-7-16/h3-13H,1-2H3/t13-/m1/s1. The first-order chi connectivity index (χ1) is 14.5. The van der Waals surface area contributed by atoms with Crippen LogP contribution >= 0.6 is 0 Å². The molecule has 0 amide bonds. The molecule has 0 spiro atoms. The molecule has 0 fully saturated rings. The van der Waals surface area contributed by atoms with Crippen molar-refractivity contribution in [2.24, 2.45) is 0 Å². The van der Waals surface area contributed by atoms with E-state index in [-0.39, 0.29) is 29.0 Å². The first-order valence-corrected chi connectivity index (χ1v) is 9.04. The smallest absolute Gasteiger partial charge is 0.363 e. The van der Waals surface area contributed by atoms with E-state index in [0.717, 1.165) is 5.69 Å². The van der Waals surface area contributed by atoms with E-state index in [1.165, 1.54) is 36.1 Å². The number of carbonyl (C=O) groups is 1. The maximum atomic E-state index is 13.1. The first-order valence-electron chi connectivity index (χ1n) is 9.04. The quantitative estimate of drug-likeness (QED) is 0.446. The fraction of sp³-hybridized carbons (Fsp3) is 0.143. The lowest BCUT2D eigenvalue weighted by molar-refractivity contribution is 0.0269. The van der Waals surface area contributed by atoms with Crippen molar-refractivity contribution in [3.05, 3.63) is 78.2 Å². The third-order valence-electron chi connectivity index (χ3n) is 4.28. The number of esters is 1. The van der Waals surface area contributed by atoms with Crippen LogP contribution in [0.15, 0.2) is 65.2 Å². The van der Waals surface area contributed by atoms with Crippen LogP contribution in [0.1, 0.15) is 29.4 Å². The summed E-state index contributed by atoms with van der Waals surface area (Å²) in [7, 11) is 1.44. The van der Waals surface area contributed by atoms with Gasteiger partial charge < -0.3 is 13.9 Å². The molecule has 0 saturated carbocycles. The average Bonchev–Trinajstić information content (AvgIpc) is 3.42. The first kappa shape index (κ1) is 19.3. The molecule has 4 rings (SSSR count). The van der Waals surface area contributed by atoms with Crippen molar-refractivity contribution >= 4 is 5.97 Å². The van der Waals surface area contributed by atoms with Gasteiger partial charge >= 0.3 is 5.97 Å². The molecule has 0 saturated heterocycles. The lowest BCUT2D eigenvalue weighted by Crippen LogP contribution is -2.11. The summed E-state index contributed by atoms with van der Waals surface area (Å²) in [6.07, 6.45) is 0.765. The van der Waals surface area contributed by atoms with Crippen LogP contribution in [0.2, 0.25) is 0 Å². The van der Waals surface area contributed by atoms with Crippen LogP contribution in [0.25, 0.3) is 17.1 Å². The van der Waals surface area contributed by atoms with E-state index < -0.39 is 12.1 Å². The van der Waals surface area contributed by atoms with Crippen molar-refractivity contribution in [2.75, 3.05) is 7.11 Å².